The first-order valence-electron chi connectivity index (χ1n) is 8.82. The third kappa shape index (κ3) is 2.77. The van der Waals surface area contributed by atoms with Crippen LogP contribution in [0.4, 0.5) is 0 Å². The molecule has 0 amide bonds. The van der Waals surface area contributed by atoms with E-state index in [0.717, 1.165) is 22.0 Å². The minimum absolute atomic E-state index is 0.0295. The first kappa shape index (κ1) is 17.6. The Balaban J connectivity index is 2.00. The Hall–Kier alpha value is -2.84. The molecular weight excluding hydrogens is 362 g/mol. The molecule has 0 saturated carbocycles. The number of rotatable bonds is 1. The van der Waals surface area contributed by atoms with Crippen LogP contribution in [0.15, 0.2) is 41.0 Å². The second kappa shape index (κ2) is 6.40. The summed E-state index contributed by atoms with van der Waals surface area (Å²) in [6, 6.07) is 8.09. The number of fused-ring (bicyclic) bond motifs is 1. The summed E-state index contributed by atoms with van der Waals surface area (Å²) in [4.78, 5) is 17.3. The van der Waals surface area contributed by atoms with Crippen molar-refractivity contribution in [2.45, 2.75) is 39.0 Å². The zero-order valence-corrected chi connectivity index (χ0v) is 15.9. The van der Waals surface area contributed by atoms with Gasteiger partial charge in [-0.15, -0.1) is 0 Å². The van der Waals surface area contributed by atoms with Crippen molar-refractivity contribution in [3.63, 3.8) is 0 Å². The predicted molar refractivity (Wildman–Crippen MR) is 103 cm³/mol. The number of halogens is 1. The summed E-state index contributed by atoms with van der Waals surface area (Å²) < 4.78 is 5.61. The lowest BCUT2D eigenvalue weighted by atomic mass is 9.78. The summed E-state index contributed by atoms with van der Waals surface area (Å²) in [7, 11) is 0. The number of aromatic nitrogens is 1. The Kier molecular flexibility index (Phi) is 4.16. The van der Waals surface area contributed by atoms with Crippen LogP contribution in [0.1, 0.15) is 41.9 Å². The van der Waals surface area contributed by atoms with Crippen LogP contribution in [0.2, 0.25) is 5.15 Å². The topological polar surface area (TPSA) is 89.0 Å². The molecule has 1 aromatic heterocycles. The molecule has 2 N–H and O–H groups in total. The van der Waals surface area contributed by atoms with Gasteiger partial charge in [0.1, 0.15) is 22.6 Å². The van der Waals surface area contributed by atoms with Gasteiger partial charge < -0.3 is 10.5 Å². The molecule has 0 saturated heterocycles. The van der Waals surface area contributed by atoms with E-state index in [0.29, 0.717) is 36.2 Å². The molecule has 1 aromatic carbocycles. The van der Waals surface area contributed by atoms with Crippen LogP contribution in [-0.4, -0.2) is 10.8 Å². The Bertz CT molecular complexity index is 1110. The third-order valence-electron chi connectivity index (χ3n) is 5.15. The van der Waals surface area contributed by atoms with E-state index in [1.54, 1.807) is 0 Å². The molecule has 6 heteroatoms. The van der Waals surface area contributed by atoms with E-state index in [9.17, 15) is 10.1 Å². The maximum absolute atomic E-state index is 12.7. The van der Waals surface area contributed by atoms with Gasteiger partial charge in [0.15, 0.2) is 5.78 Å². The lowest BCUT2D eigenvalue weighted by Gasteiger charge is -2.31. The first-order chi connectivity index (χ1) is 12.9. The second-order valence-corrected chi connectivity index (χ2v) is 7.42. The molecule has 0 unspecified atom stereocenters. The standard InChI is InChI=1S/C21H18ClN3O2/c1-10-6-11(2)19-12(7-10)8-13(20(22)25-19)17-14(9-23)21(24)27-16-5-3-4-15(26)18(16)17/h6-8,17H,3-5,24H2,1-2H3/t17-/m1/s1. The van der Waals surface area contributed by atoms with Gasteiger partial charge in [-0.2, -0.15) is 5.26 Å². The molecule has 0 fully saturated rings. The predicted octanol–water partition coefficient (Wildman–Crippen LogP) is 4.32. The fourth-order valence-electron chi connectivity index (χ4n) is 4.02. The number of hydrogen-bond donors (Lipinski definition) is 1. The fourth-order valence-corrected chi connectivity index (χ4v) is 4.26. The van der Waals surface area contributed by atoms with Crippen LogP contribution >= 0.6 is 11.6 Å². The van der Waals surface area contributed by atoms with E-state index in [-0.39, 0.29) is 22.4 Å². The number of aryl methyl sites for hydroxylation is 2. The van der Waals surface area contributed by atoms with Gasteiger partial charge in [-0.1, -0.05) is 23.2 Å². The number of carbonyl (C=O) groups is 1. The molecule has 2 aromatic rings. The molecule has 136 valence electrons. The number of pyridine rings is 1. The van der Waals surface area contributed by atoms with E-state index in [1.807, 2.05) is 32.0 Å². The number of benzene rings is 1. The molecule has 0 radical (unpaired) electrons. The van der Waals surface area contributed by atoms with Crippen molar-refractivity contribution < 1.29 is 9.53 Å². The zero-order valence-electron chi connectivity index (χ0n) is 15.1. The van der Waals surface area contributed by atoms with Crippen LogP contribution in [0.25, 0.3) is 10.9 Å². The van der Waals surface area contributed by atoms with Gasteiger partial charge in [0.05, 0.1) is 11.4 Å². The molecule has 0 spiro atoms. The van der Waals surface area contributed by atoms with E-state index in [1.165, 1.54) is 0 Å². The zero-order chi connectivity index (χ0) is 19.3. The molecule has 1 aliphatic carbocycles. The molecule has 4 rings (SSSR count). The number of ketones is 1. The molecular formula is C21H18ClN3O2. The Labute approximate surface area is 162 Å². The normalized spacial score (nSPS) is 19.8. The van der Waals surface area contributed by atoms with Crippen LogP contribution in [0.3, 0.4) is 0 Å². The molecule has 5 nitrogen and oxygen atoms in total. The van der Waals surface area contributed by atoms with Gasteiger partial charge in [-0.3, -0.25) is 4.79 Å². The summed E-state index contributed by atoms with van der Waals surface area (Å²) in [5.74, 6) is -0.0910. The van der Waals surface area contributed by atoms with Crippen LogP contribution in [-0.2, 0) is 9.53 Å². The van der Waals surface area contributed by atoms with Crippen molar-refractivity contribution in [3.05, 3.63) is 62.8 Å². The van der Waals surface area contributed by atoms with Gasteiger partial charge in [-0.05, 0) is 38.0 Å². The molecule has 2 heterocycles. The lowest BCUT2D eigenvalue weighted by Crippen LogP contribution is -2.27. The SMILES string of the molecule is Cc1cc(C)c2nc(Cl)c([C@@H]3C(C#N)=C(N)OC4=C3C(=O)CCC4)cc2c1. The number of nitrogens with two attached hydrogens (primary N) is 1. The van der Waals surface area contributed by atoms with Crippen molar-refractivity contribution in [1.29, 1.82) is 5.26 Å². The quantitative estimate of drug-likeness (QED) is 0.745. The van der Waals surface area contributed by atoms with Gasteiger partial charge >= 0.3 is 0 Å². The van der Waals surface area contributed by atoms with E-state index in [4.69, 9.17) is 22.1 Å². The highest BCUT2D eigenvalue weighted by Crippen LogP contribution is 2.45. The molecule has 0 bridgehead atoms. The molecule has 1 atom stereocenters. The number of nitriles is 1. The number of hydrogen-bond acceptors (Lipinski definition) is 5. The Morgan fingerprint density at radius 1 is 1.30 bits per heavy atom. The van der Waals surface area contributed by atoms with Gasteiger partial charge in [0.2, 0.25) is 5.88 Å². The highest BCUT2D eigenvalue weighted by molar-refractivity contribution is 6.31. The second-order valence-electron chi connectivity index (χ2n) is 7.06. The van der Waals surface area contributed by atoms with Gasteiger partial charge in [0, 0.05) is 29.4 Å². The van der Waals surface area contributed by atoms with Crippen molar-refractivity contribution in [1.82, 2.24) is 4.98 Å². The largest absolute Gasteiger partial charge is 0.444 e. The Morgan fingerprint density at radius 2 is 2.07 bits per heavy atom. The first-order valence-corrected chi connectivity index (χ1v) is 9.19. The van der Waals surface area contributed by atoms with Crippen LogP contribution in [0.5, 0.6) is 0 Å². The van der Waals surface area contributed by atoms with Gasteiger partial charge in [0.25, 0.3) is 0 Å². The lowest BCUT2D eigenvalue weighted by molar-refractivity contribution is -0.116. The number of allylic oxidation sites excluding steroid dienone is 3. The van der Waals surface area contributed by atoms with E-state index in [2.05, 4.69) is 11.1 Å². The molecule has 27 heavy (non-hydrogen) atoms. The number of Topliss-reactive ketones (excluding diaryl/α,β-unsaturated/α-hetero) is 1. The van der Waals surface area contributed by atoms with Gasteiger partial charge in [-0.25, -0.2) is 4.98 Å². The summed E-state index contributed by atoms with van der Waals surface area (Å²) in [6.45, 7) is 4.00. The monoisotopic (exact) mass is 379 g/mol. The maximum atomic E-state index is 12.7. The average molecular weight is 380 g/mol. The Morgan fingerprint density at radius 3 is 2.81 bits per heavy atom. The number of ether oxygens (including phenoxy) is 1. The molecule has 1 aliphatic heterocycles. The summed E-state index contributed by atoms with van der Waals surface area (Å²) in [6.07, 6.45) is 1.75. The number of nitrogens with zero attached hydrogens (tertiary/aromatic N) is 2. The third-order valence-corrected chi connectivity index (χ3v) is 5.45. The van der Waals surface area contributed by atoms with Crippen LogP contribution < -0.4 is 5.73 Å². The van der Waals surface area contributed by atoms with Crippen molar-refractivity contribution in [3.8, 4) is 6.07 Å². The van der Waals surface area contributed by atoms with Crippen molar-refractivity contribution >= 4 is 28.3 Å². The minimum Gasteiger partial charge on any atom is -0.444 e. The smallest absolute Gasteiger partial charge is 0.205 e. The fraction of sp³-hybridized carbons (Fsp3) is 0.286. The van der Waals surface area contributed by atoms with Crippen molar-refractivity contribution in [2.24, 2.45) is 5.73 Å². The summed E-state index contributed by atoms with van der Waals surface area (Å²) in [5.41, 5.74) is 10.2. The van der Waals surface area contributed by atoms with E-state index < -0.39 is 5.92 Å². The van der Waals surface area contributed by atoms with Crippen molar-refractivity contribution in [2.75, 3.05) is 0 Å². The highest BCUT2D eigenvalue weighted by Gasteiger charge is 2.39. The van der Waals surface area contributed by atoms with E-state index >= 15 is 0 Å². The average Bonchev–Trinajstić information content (AvgIpc) is 2.61. The van der Waals surface area contributed by atoms with Crippen LogP contribution in [0, 0.1) is 25.2 Å². The number of carbonyl (C=O) groups excluding carboxylic acids is 1. The summed E-state index contributed by atoms with van der Waals surface area (Å²) in [5, 5.41) is 10.9. The summed E-state index contributed by atoms with van der Waals surface area (Å²) >= 11 is 6.54. The highest BCUT2D eigenvalue weighted by atomic mass is 35.5. The minimum atomic E-state index is -0.642. The molecule has 2 aliphatic rings. The maximum Gasteiger partial charge on any atom is 0.205 e.